The highest BCUT2D eigenvalue weighted by molar-refractivity contribution is 5.91. The number of carbonyl (C=O) groups is 1. The average Bonchev–Trinajstić information content (AvgIpc) is 2.33. The van der Waals surface area contributed by atoms with Crippen LogP contribution in [0.5, 0.6) is 5.75 Å². The van der Waals surface area contributed by atoms with E-state index in [-0.39, 0.29) is 5.97 Å². The Labute approximate surface area is 99.8 Å². The molecule has 0 atom stereocenters. The number of nitrogens with two attached hydrogens (primary N) is 1. The molecule has 3 heteroatoms. The van der Waals surface area contributed by atoms with E-state index in [1.165, 1.54) is 0 Å². The lowest BCUT2D eigenvalue weighted by Gasteiger charge is -2.04. The fraction of sp³-hybridized carbons (Fsp3) is 0.0714. The molecule has 0 fully saturated rings. The van der Waals surface area contributed by atoms with Gasteiger partial charge >= 0.3 is 5.97 Å². The molecule has 0 heterocycles. The van der Waals surface area contributed by atoms with E-state index >= 15 is 0 Å². The van der Waals surface area contributed by atoms with Gasteiger partial charge < -0.3 is 10.5 Å². The first-order valence-corrected chi connectivity index (χ1v) is 5.29. The summed E-state index contributed by atoms with van der Waals surface area (Å²) in [5.41, 5.74) is 7.82. The number of aryl methyl sites for hydroxylation is 1. The number of hydrogen-bond donors (Lipinski definition) is 1. The lowest BCUT2D eigenvalue weighted by molar-refractivity contribution is 0.0735. The molecular formula is C14H13NO2. The number of carbonyl (C=O) groups excluding carboxylic acids is 1. The van der Waals surface area contributed by atoms with Crippen LogP contribution in [-0.2, 0) is 0 Å². The van der Waals surface area contributed by atoms with Gasteiger partial charge in [-0.25, -0.2) is 4.79 Å². The first kappa shape index (κ1) is 11.2. The van der Waals surface area contributed by atoms with Crippen molar-refractivity contribution in [1.29, 1.82) is 0 Å². The Kier molecular flexibility index (Phi) is 3.10. The van der Waals surface area contributed by atoms with Crippen molar-refractivity contribution in [1.82, 2.24) is 0 Å². The van der Waals surface area contributed by atoms with E-state index in [0.29, 0.717) is 17.0 Å². The van der Waals surface area contributed by atoms with Crippen molar-refractivity contribution in [2.24, 2.45) is 0 Å². The van der Waals surface area contributed by atoms with Crippen molar-refractivity contribution in [2.75, 3.05) is 5.73 Å². The highest BCUT2D eigenvalue weighted by atomic mass is 16.5. The number of nitrogen functional groups attached to an aromatic ring is 1. The summed E-state index contributed by atoms with van der Waals surface area (Å²) in [5, 5.41) is 0. The van der Waals surface area contributed by atoms with Crippen molar-refractivity contribution >= 4 is 11.7 Å². The van der Waals surface area contributed by atoms with Gasteiger partial charge in [0.15, 0.2) is 0 Å². The molecule has 0 saturated carbocycles. The fourth-order valence-corrected chi connectivity index (χ4v) is 1.39. The van der Waals surface area contributed by atoms with Crippen LogP contribution in [0.1, 0.15) is 15.9 Å². The summed E-state index contributed by atoms with van der Waals surface area (Å²) >= 11 is 0. The zero-order chi connectivity index (χ0) is 12.3. The van der Waals surface area contributed by atoms with E-state index in [9.17, 15) is 4.79 Å². The van der Waals surface area contributed by atoms with Gasteiger partial charge in [-0.05, 0) is 43.3 Å². The molecule has 2 rings (SSSR count). The second-order valence-corrected chi connectivity index (χ2v) is 3.82. The molecule has 3 nitrogen and oxygen atoms in total. The third-order valence-corrected chi connectivity index (χ3v) is 2.38. The van der Waals surface area contributed by atoms with Crippen molar-refractivity contribution in [3.8, 4) is 5.75 Å². The zero-order valence-corrected chi connectivity index (χ0v) is 9.51. The molecule has 0 unspecified atom stereocenters. The molecule has 0 aliphatic heterocycles. The number of rotatable bonds is 2. The number of ether oxygens (including phenoxy) is 1. The van der Waals surface area contributed by atoms with Gasteiger partial charge in [-0.1, -0.05) is 17.7 Å². The lowest BCUT2D eigenvalue weighted by atomic mass is 10.1. The smallest absolute Gasteiger partial charge is 0.343 e. The quantitative estimate of drug-likeness (QED) is 0.487. The molecular weight excluding hydrogens is 214 g/mol. The van der Waals surface area contributed by atoms with Crippen molar-refractivity contribution in [3.63, 3.8) is 0 Å². The van der Waals surface area contributed by atoms with Crippen molar-refractivity contribution in [2.45, 2.75) is 6.92 Å². The standard InChI is InChI=1S/C14H13NO2/c1-10-2-4-11(5-3-10)14(16)17-13-8-6-12(15)7-9-13/h2-9H,15H2,1H3. The topological polar surface area (TPSA) is 52.3 Å². The summed E-state index contributed by atoms with van der Waals surface area (Å²) in [6, 6.07) is 14.0. The molecule has 17 heavy (non-hydrogen) atoms. The Morgan fingerprint density at radius 2 is 1.59 bits per heavy atom. The fourth-order valence-electron chi connectivity index (χ4n) is 1.39. The molecule has 0 amide bonds. The zero-order valence-electron chi connectivity index (χ0n) is 9.51. The third-order valence-electron chi connectivity index (χ3n) is 2.38. The van der Waals surface area contributed by atoms with Crippen LogP contribution in [0.15, 0.2) is 48.5 Å². The summed E-state index contributed by atoms with van der Waals surface area (Å²) in [4.78, 5) is 11.8. The highest BCUT2D eigenvalue weighted by Gasteiger charge is 2.07. The minimum atomic E-state index is -0.366. The van der Waals surface area contributed by atoms with E-state index < -0.39 is 0 Å². The Bertz CT molecular complexity index is 515. The summed E-state index contributed by atoms with van der Waals surface area (Å²) in [6.07, 6.45) is 0. The number of benzene rings is 2. The predicted molar refractivity (Wildman–Crippen MR) is 67.0 cm³/mol. The largest absolute Gasteiger partial charge is 0.423 e. The summed E-state index contributed by atoms with van der Waals surface area (Å²) in [6.45, 7) is 1.97. The van der Waals surface area contributed by atoms with E-state index in [1.54, 1.807) is 36.4 Å². The summed E-state index contributed by atoms with van der Waals surface area (Å²) in [7, 11) is 0. The van der Waals surface area contributed by atoms with E-state index in [1.807, 2.05) is 19.1 Å². The molecule has 2 aromatic carbocycles. The van der Waals surface area contributed by atoms with Crippen molar-refractivity contribution in [3.05, 3.63) is 59.7 Å². The van der Waals surface area contributed by atoms with Gasteiger partial charge in [0, 0.05) is 5.69 Å². The lowest BCUT2D eigenvalue weighted by Crippen LogP contribution is -2.08. The Morgan fingerprint density at radius 1 is 1.00 bits per heavy atom. The maximum atomic E-state index is 11.8. The number of anilines is 1. The van der Waals surface area contributed by atoms with Crippen LogP contribution < -0.4 is 10.5 Å². The van der Waals surface area contributed by atoms with Crippen LogP contribution in [-0.4, -0.2) is 5.97 Å². The Hall–Kier alpha value is -2.29. The minimum absolute atomic E-state index is 0.366. The number of hydrogen-bond acceptors (Lipinski definition) is 3. The molecule has 0 bridgehead atoms. The molecule has 86 valence electrons. The molecule has 0 spiro atoms. The summed E-state index contributed by atoms with van der Waals surface area (Å²) < 4.78 is 5.20. The second kappa shape index (κ2) is 4.70. The molecule has 0 aromatic heterocycles. The van der Waals surface area contributed by atoms with Gasteiger partial charge in [-0.2, -0.15) is 0 Å². The Morgan fingerprint density at radius 3 is 2.18 bits per heavy atom. The molecule has 0 saturated heterocycles. The van der Waals surface area contributed by atoms with Crippen LogP contribution in [0.25, 0.3) is 0 Å². The van der Waals surface area contributed by atoms with Gasteiger partial charge in [0.05, 0.1) is 5.56 Å². The van der Waals surface area contributed by atoms with Crippen LogP contribution in [0, 0.1) is 6.92 Å². The van der Waals surface area contributed by atoms with Gasteiger partial charge in [0.25, 0.3) is 0 Å². The van der Waals surface area contributed by atoms with Gasteiger partial charge in [-0.3, -0.25) is 0 Å². The summed E-state index contributed by atoms with van der Waals surface area (Å²) in [5.74, 6) is 0.125. The maximum absolute atomic E-state index is 11.8. The first-order valence-electron chi connectivity index (χ1n) is 5.29. The van der Waals surface area contributed by atoms with Gasteiger partial charge in [0.2, 0.25) is 0 Å². The van der Waals surface area contributed by atoms with Crippen LogP contribution >= 0.6 is 0 Å². The van der Waals surface area contributed by atoms with Crippen LogP contribution in [0.3, 0.4) is 0 Å². The van der Waals surface area contributed by atoms with E-state index in [2.05, 4.69) is 0 Å². The van der Waals surface area contributed by atoms with Crippen LogP contribution in [0.4, 0.5) is 5.69 Å². The van der Waals surface area contributed by atoms with Gasteiger partial charge in [0.1, 0.15) is 5.75 Å². The molecule has 2 N–H and O–H groups in total. The molecule has 0 aliphatic carbocycles. The minimum Gasteiger partial charge on any atom is -0.423 e. The SMILES string of the molecule is Cc1ccc(C(=O)Oc2ccc(N)cc2)cc1. The van der Waals surface area contributed by atoms with Crippen LogP contribution in [0.2, 0.25) is 0 Å². The normalized spacial score (nSPS) is 9.94. The molecule has 0 radical (unpaired) electrons. The second-order valence-electron chi connectivity index (χ2n) is 3.82. The maximum Gasteiger partial charge on any atom is 0.343 e. The monoisotopic (exact) mass is 227 g/mol. The van der Waals surface area contributed by atoms with E-state index in [0.717, 1.165) is 5.56 Å². The number of esters is 1. The van der Waals surface area contributed by atoms with E-state index in [4.69, 9.17) is 10.5 Å². The third kappa shape index (κ3) is 2.84. The van der Waals surface area contributed by atoms with Gasteiger partial charge in [-0.15, -0.1) is 0 Å². The predicted octanol–water partition coefficient (Wildman–Crippen LogP) is 2.80. The molecule has 0 aliphatic rings. The molecule has 2 aromatic rings. The first-order chi connectivity index (χ1) is 8.15. The highest BCUT2D eigenvalue weighted by Crippen LogP contribution is 2.15. The average molecular weight is 227 g/mol. The van der Waals surface area contributed by atoms with Crippen molar-refractivity contribution < 1.29 is 9.53 Å². The Balaban J connectivity index is 2.11.